The predicted octanol–water partition coefficient (Wildman–Crippen LogP) is 12.7. The minimum absolute atomic E-state index is 0.0933. The number of aromatic nitrogens is 3. The molecule has 240 valence electrons. The summed E-state index contributed by atoms with van der Waals surface area (Å²) >= 11 is 1.91. The van der Waals surface area contributed by atoms with E-state index in [0.29, 0.717) is 5.95 Å². The summed E-state index contributed by atoms with van der Waals surface area (Å²) in [6.07, 6.45) is 0. The first kappa shape index (κ1) is 28.7. The summed E-state index contributed by atoms with van der Waals surface area (Å²) in [6.45, 7) is 4.74. The first-order valence-electron chi connectivity index (χ1n) is 17.5. The van der Waals surface area contributed by atoms with E-state index in [1.54, 1.807) is 0 Å². The molecule has 0 unspecified atom stereocenters. The predicted molar refractivity (Wildman–Crippen MR) is 215 cm³/mol. The lowest BCUT2D eigenvalue weighted by molar-refractivity contribution is 0.667. The number of hydrogen-bond donors (Lipinski definition) is 0. The van der Waals surface area contributed by atoms with Crippen LogP contribution < -0.4 is 0 Å². The Balaban J connectivity index is 1.30. The van der Waals surface area contributed by atoms with Crippen LogP contribution in [0.1, 0.15) is 25.0 Å². The van der Waals surface area contributed by atoms with Gasteiger partial charge in [-0.25, -0.2) is 9.97 Å². The Kier molecular flexibility index (Phi) is 5.89. The lowest BCUT2D eigenvalue weighted by atomic mass is 9.81. The van der Waals surface area contributed by atoms with E-state index in [0.717, 1.165) is 33.1 Å². The van der Waals surface area contributed by atoms with Gasteiger partial charge in [0, 0.05) is 37.4 Å². The number of nitrogens with zero attached hydrogens (tertiary/aromatic N) is 3. The van der Waals surface area contributed by atoms with Gasteiger partial charge in [-0.15, -0.1) is 11.3 Å². The summed E-state index contributed by atoms with van der Waals surface area (Å²) in [4.78, 5) is 12.5. The Morgan fingerprint density at radius 1 is 0.529 bits per heavy atom. The second-order valence-corrected chi connectivity index (χ2v) is 15.2. The van der Waals surface area contributed by atoms with Crippen molar-refractivity contribution in [1.82, 2.24) is 14.5 Å². The molecular weight excluding hydrogens is 639 g/mol. The normalized spacial score (nSPS) is 13.5. The Morgan fingerprint density at radius 3 is 1.98 bits per heavy atom. The lowest BCUT2D eigenvalue weighted by Crippen LogP contribution is -2.14. The van der Waals surface area contributed by atoms with Gasteiger partial charge in [0.15, 0.2) is 0 Å². The summed E-state index contributed by atoms with van der Waals surface area (Å²) in [7, 11) is 0. The van der Waals surface area contributed by atoms with Crippen LogP contribution in [0.3, 0.4) is 0 Å². The summed E-state index contributed by atoms with van der Waals surface area (Å²) in [6, 6.07) is 54.5. The minimum atomic E-state index is -0.0933. The fourth-order valence-electron chi connectivity index (χ4n) is 8.70. The highest BCUT2D eigenvalue weighted by atomic mass is 32.1. The van der Waals surface area contributed by atoms with Crippen LogP contribution in [0, 0.1) is 0 Å². The largest absolute Gasteiger partial charge is 0.276 e. The Labute approximate surface area is 299 Å². The molecule has 0 N–H and O–H groups in total. The Morgan fingerprint density at radius 2 is 1.18 bits per heavy atom. The third-order valence-electron chi connectivity index (χ3n) is 11.0. The zero-order valence-electron chi connectivity index (χ0n) is 28.2. The molecule has 3 heterocycles. The smallest absolute Gasteiger partial charge is 0.235 e. The third kappa shape index (κ3) is 3.94. The molecule has 0 saturated heterocycles. The van der Waals surface area contributed by atoms with Crippen molar-refractivity contribution in [3.8, 4) is 38.8 Å². The Hall–Kier alpha value is -6.10. The van der Waals surface area contributed by atoms with Crippen molar-refractivity contribution in [2.45, 2.75) is 19.3 Å². The first-order chi connectivity index (χ1) is 25.1. The molecule has 0 radical (unpaired) electrons. The summed E-state index contributed by atoms with van der Waals surface area (Å²) in [5.74, 6) is 0.686. The summed E-state index contributed by atoms with van der Waals surface area (Å²) < 4.78 is 3.62. The van der Waals surface area contributed by atoms with E-state index >= 15 is 0 Å². The Bertz CT molecular complexity index is 3040. The van der Waals surface area contributed by atoms with Crippen LogP contribution in [-0.2, 0) is 5.41 Å². The van der Waals surface area contributed by atoms with Gasteiger partial charge in [0.2, 0.25) is 5.95 Å². The quantitative estimate of drug-likeness (QED) is 0.175. The monoisotopic (exact) mass is 669 g/mol. The molecule has 10 aromatic rings. The molecule has 7 aromatic carbocycles. The fraction of sp³-hybridized carbons (Fsp3) is 0.0638. The van der Waals surface area contributed by atoms with Gasteiger partial charge in [0.1, 0.15) is 0 Å². The van der Waals surface area contributed by atoms with Crippen molar-refractivity contribution < 1.29 is 0 Å². The van der Waals surface area contributed by atoms with E-state index in [2.05, 4.69) is 170 Å². The van der Waals surface area contributed by atoms with Crippen molar-refractivity contribution in [3.63, 3.8) is 0 Å². The number of para-hydroxylation sites is 1. The van der Waals surface area contributed by atoms with Gasteiger partial charge in [0.05, 0.1) is 26.9 Å². The number of thiophene rings is 1. The fourth-order valence-corrected chi connectivity index (χ4v) is 10.2. The standard InChI is InChI=1S/C47H31N3S/c1-47(2)38-23-13-11-22-34(38)44-40(47)35-26-25-33-31-20-12-14-24-39(31)50(43(33)45(35)51-44)46-48-41(29-17-7-4-8-18-29)37-27-36(28-15-5-3-6-16-28)30-19-9-10-21-32(30)42(37)49-46/h3-27H,1-2H3. The molecule has 0 fully saturated rings. The molecular formula is C47H31N3S. The van der Waals surface area contributed by atoms with E-state index in [1.807, 2.05) is 11.3 Å². The van der Waals surface area contributed by atoms with Crippen LogP contribution >= 0.6 is 11.3 Å². The maximum absolute atomic E-state index is 5.56. The molecule has 0 atom stereocenters. The molecule has 1 aliphatic rings. The number of hydrogen-bond acceptors (Lipinski definition) is 3. The molecule has 3 aromatic heterocycles. The van der Waals surface area contributed by atoms with E-state index in [4.69, 9.17) is 9.97 Å². The molecule has 0 saturated carbocycles. The second kappa shape index (κ2) is 10.5. The maximum atomic E-state index is 5.56. The molecule has 11 rings (SSSR count). The van der Waals surface area contributed by atoms with Gasteiger partial charge in [0.25, 0.3) is 0 Å². The summed E-state index contributed by atoms with van der Waals surface area (Å²) in [5.41, 5.74) is 11.7. The van der Waals surface area contributed by atoms with Crippen molar-refractivity contribution >= 4 is 64.9 Å². The van der Waals surface area contributed by atoms with Crippen molar-refractivity contribution in [2.24, 2.45) is 0 Å². The molecule has 0 amide bonds. The van der Waals surface area contributed by atoms with Crippen LogP contribution in [0.2, 0.25) is 0 Å². The third-order valence-corrected chi connectivity index (χ3v) is 12.2. The van der Waals surface area contributed by atoms with Crippen LogP contribution in [0.5, 0.6) is 0 Å². The lowest BCUT2D eigenvalue weighted by Gasteiger charge is -2.21. The molecule has 0 spiro atoms. The van der Waals surface area contributed by atoms with Gasteiger partial charge in [-0.3, -0.25) is 4.57 Å². The van der Waals surface area contributed by atoms with Crippen molar-refractivity contribution in [2.75, 3.05) is 0 Å². The highest BCUT2D eigenvalue weighted by molar-refractivity contribution is 7.23. The van der Waals surface area contributed by atoms with Gasteiger partial charge in [-0.1, -0.05) is 153 Å². The van der Waals surface area contributed by atoms with Gasteiger partial charge < -0.3 is 0 Å². The van der Waals surface area contributed by atoms with Crippen molar-refractivity contribution in [1.29, 1.82) is 0 Å². The number of rotatable bonds is 3. The number of benzene rings is 7. The van der Waals surface area contributed by atoms with E-state index in [1.165, 1.54) is 64.5 Å². The van der Waals surface area contributed by atoms with Crippen LogP contribution in [0.15, 0.2) is 152 Å². The molecule has 1 aliphatic carbocycles. The highest BCUT2D eigenvalue weighted by Gasteiger charge is 2.39. The van der Waals surface area contributed by atoms with E-state index < -0.39 is 0 Å². The second-order valence-electron chi connectivity index (χ2n) is 14.1. The maximum Gasteiger partial charge on any atom is 0.235 e. The van der Waals surface area contributed by atoms with Crippen LogP contribution in [0.25, 0.3) is 92.3 Å². The van der Waals surface area contributed by atoms with Crippen LogP contribution in [-0.4, -0.2) is 14.5 Å². The minimum Gasteiger partial charge on any atom is -0.276 e. The molecule has 0 bridgehead atoms. The van der Waals surface area contributed by atoms with Gasteiger partial charge in [-0.05, 0) is 50.7 Å². The topological polar surface area (TPSA) is 30.7 Å². The van der Waals surface area contributed by atoms with Gasteiger partial charge >= 0.3 is 0 Å². The number of fused-ring (bicyclic) bond motifs is 12. The first-order valence-corrected chi connectivity index (χ1v) is 18.3. The average Bonchev–Trinajstić information content (AvgIpc) is 3.81. The van der Waals surface area contributed by atoms with Crippen molar-refractivity contribution in [3.05, 3.63) is 163 Å². The molecule has 4 heteroatoms. The SMILES string of the molecule is CC1(C)c2ccccc2-c2sc3c(ccc4c5ccccc5n(-c5nc(-c6ccccc6)c6cc(-c7ccccc7)c7ccccc7c6n5)c43)c21. The van der Waals surface area contributed by atoms with E-state index in [-0.39, 0.29) is 5.41 Å². The molecule has 3 nitrogen and oxygen atoms in total. The average molecular weight is 670 g/mol. The molecule has 51 heavy (non-hydrogen) atoms. The van der Waals surface area contributed by atoms with E-state index in [9.17, 15) is 0 Å². The van der Waals surface area contributed by atoms with Gasteiger partial charge in [-0.2, -0.15) is 0 Å². The van der Waals surface area contributed by atoms with Crippen LogP contribution in [0.4, 0.5) is 0 Å². The zero-order valence-corrected chi connectivity index (χ0v) is 29.0. The molecule has 0 aliphatic heterocycles. The highest BCUT2D eigenvalue weighted by Crippen LogP contribution is 2.56. The summed E-state index contributed by atoms with van der Waals surface area (Å²) in [5, 5.41) is 7.08. The zero-order chi connectivity index (χ0) is 33.8.